The van der Waals surface area contributed by atoms with Crippen LogP contribution in [0.1, 0.15) is 17.4 Å². The molecule has 0 saturated carbocycles. The van der Waals surface area contributed by atoms with Gasteiger partial charge in [-0.3, -0.25) is 4.68 Å². The fourth-order valence-corrected chi connectivity index (χ4v) is 1.91. The summed E-state index contributed by atoms with van der Waals surface area (Å²) < 4.78 is 7.61. The van der Waals surface area contributed by atoms with Gasteiger partial charge in [-0.2, -0.15) is 5.10 Å². The highest BCUT2D eigenvalue weighted by atomic mass is 79.9. The summed E-state index contributed by atoms with van der Waals surface area (Å²) in [6.07, 6.45) is 0. The van der Waals surface area contributed by atoms with Gasteiger partial charge < -0.3 is 10.5 Å². The number of nitrogens with zero attached hydrogens (tertiary/aromatic N) is 2. The van der Waals surface area contributed by atoms with E-state index in [0.29, 0.717) is 23.8 Å². The summed E-state index contributed by atoms with van der Waals surface area (Å²) in [5.41, 5.74) is 5.91. The number of aromatic nitrogens is 2. The van der Waals surface area contributed by atoms with E-state index < -0.39 is 5.97 Å². The quantitative estimate of drug-likeness (QED) is 0.698. The van der Waals surface area contributed by atoms with Crippen LogP contribution in [0.3, 0.4) is 0 Å². The van der Waals surface area contributed by atoms with Crippen LogP contribution in [0.15, 0.2) is 34.8 Å². The van der Waals surface area contributed by atoms with Crippen LogP contribution in [0, 0.1) is 0 Å². The Kier molecular flexibility index (Phi) is 3.66. The standard InChI is InChI=1S/C12H12BrN3O2/c1-2-16-10(7-11(14)15-16)12(17)18-9-5-3-4-8(13)6-9/h3-7H,2H2,1H3,(H2,14,15). The maximum absolute atomic E-state index is 12.0. The van der Waals surface area contributed by atoms with Gasteiger partial charge >= 0.3 is 5.97 Å². The van der Waals surface area contributed by atoms with Crippen LogP contribution in [0.25, 0.3) is 0 Å². The van der Waals surface area contributed by atoms with Crippen LogP contribution >= 0.6 is 15.9 Å². The Labute approximate surface area is 113 Å². The van der Waals surface area contributed by atoms with Gasteiger partial charge in [-0.1, -0.05) is 22.0 Å². The van der Waals surface area contributed by atoms with E-state index in [4.69, 9.17) is 10.5 Å². The minimum absolute atomic E-state index is 0.304. The second-order valence-electron chi connectivity index (χ2n) is 3.62. The molecule has 0 spiro atoms. The number of hydrogen-bond donors (Lipinski definition) is 1. The van der Waals surface area contributed by atoms with Crippen molar-refractivity contribution in [2.75, 3.05) is 5.73 Å². The number of rotatable bonds is 3. The Morgan fingerprint density at radius 1 is 1.50 bits per heavy atom. The van der Waals surface area contributed by atoms with Gasteiger partial charge in [0.25, 0.3) is 0 Å². The molecule has 2 N–H and O–H groups in total. The fourth-order valence-electron chi connectivity index (χ4n) is 1.53. The molecule has 1 aromatic heterocycles. The highest BCUT2D eigenvalue weighted by molar-refractivity contribution is 9.10. The van der Waals surface area contributed by atoms with Crippen molar-refractivity contribution in [3.63, 3.8) is 0 Å². The Hall–Kier alpha value is -1.82. The molecule has 94 valence electrons. The third-order valence-electron chi connectivity index (χ3n) is 2.31. The number of ether oxygens (including phenoxy) is 1. The SMILES string of the molecule is CCn1nc(N)cc1C(=O)Oc1cccc(Br)c1. The summed E-state index contributed by atoms with van der Waals surface area (Å²) in [5, 5.41) is 3.99. The van der Waals surface area contributed by atoms with Crippen molar-refractivity contribution >= 4 is 27.7 Å². The molecule has 0 saturated heterocycles. The molecule has 0 fully saturated rings. The monoisotopic (exact) mass is 309 g/mol. The minimum atomic E-state index is -0.473. The van der Waals surface area contributed by atoms with E-state index >= 15 is 0 Å². The number of nitrogens with two attached hydrogens (primary N) is 1. The molecule has 0 aliphatic rings. The molecule has 0 bridgehead atoms. The number of esters is 1. The van der Waals surface area contributed by atoms with E-state index in [1.807, 2.05) is 13.0 Å². The maximum atomic E-state index is 12.0. The van der Waals surface area contributed by atoms with E-state index in [2.05, 4.69) is 21.0 Å². The zero-order valence-electron chi connectivity index (χ0n) is 9.76. The topological polar surface area (TPSA) is 70.1 Å². The Morgan fingerprint density at radius 2 is 2.28 bits per heavy atom. The molecule has 2 aromatic rings. The summed E-state index contributed by atoms with van der Waals surface area (Å²) in [6.45, 7) is 2.43. The Bertz CT molecular complexity index is 580. The van der Waals surface area contributed by atoms with Crippen molar-refractivity contribution in [1.29, 1.82) is 0 Å². The van der Waals surface area contributed by atoms with Crippen molar-refractivity contribution in [3.05, 3.63) is 40.5 Å². The second kappa shape index (κ2) is 5.22. The number of halogens is 1. The van der Waals surface area contributed by atoms with Gasteiger partial charge in [0.1, 0.15) is 17.3 Å². The molecular weight excluding hydrogens is 298 g/mol. The molecular formula is C12H12BrN3O2. The molecule has 1 aromatic carbocycles. The molecule has 0 atom stereocenters. The number of carbonyl (C=O) groups excluding carboxylic acids is 1. The van der Waals surface area contributed by atoms with Gasteiger partial charge in [-0.25, -0.2) is 4.79 Å². The number of aryl methyl sites for hydroxylation is 1. The largest absolute Gasteiger partial charge is 0.422 e. The first-order valence-electron chi connectivity index (χ1n) is 5.41. The van der Waals surface area contributed by atoms with E-state index in [9.17, 15) is 4.79 Å². The average molecular weight is 310 g/mol. The molecule has 0 aliphatic heterocycles. The predicted octanol–water partition coefficient (Wildman–Crippen LogP) is 2.47. The van der Waals surface area contributed by atoms with Crippen LogP contribution in [-0.2, 0) is 6.54 Å². The molecule has 0 aliphatic carbocycles. The van der Waals surface area contributed by atoms with Crippen LogP contribution in [0.5, 0.6) is 5.75 Å². The Balaban J connectivity index is 2.21. The van der Waals surface area contributed by atoms with E-state index in [0.717, 1.165) is 4.47 Å². The number of carbonyl (C=O) groups is 1. The third-order valence-corrected chi connectivity index (χ3v) is 2.81. The van der Waals surface area contributed by atoms with Gasteiger partial charge in [-0.05, 0) is 25.1 Å². The van der Waals surface area contributed by atoms with Crippen molar-refractivity contribution in [3.8, 4) is 5.75 Å². The lowest BCUT2D eigenvalue weighted by molar-refractivity contribution is 0.0721. The first-order valence-corrected chi connectivity index (χ1v) is 6.20. The molecule has 0 radical (unpaired) electrons. The lowest BCUT2D eigenvalue weighted by atomic mass is 10.3. The summed E-state index contributed by atoms with van der Waals surface area (Å²) in [7, 11) is 0. The second-order valence-corrected chi connectivity index (χ2v) is 4.53. The molecule has 2 rings (SSSR count). The third kappa shape index (κ3) is 2.70. The lowest BCUT2D eigenvalue weighted by Gasteiger charge is -2.05. The smallest absolute Gasteiger partial charge is 0.362 e. The first-order chi connectivity index (χ1) is 8.60. The van der Waals surface area contributed by atoms with Crippen LogP contribution in [0.4, 0.5) is 5.82 Å². The summed E-state index contributed by atoms with van der Waals surface area (Å²) in [6, 6.07) is 8.57. The van der Waals surface area contributed by atoms with Crippen molar-refractivity contribution in [2.45, 2.75) is 13.5 Å². The number of benzene rings is 1. The molecule has 0 amide bonds. The highest BCUT2D eigenvalue weighted by Gasteiger charge is 2.15. The summed E-state index contributed by atoms with van der Waals surface area (Å²) in [4.78, 5) is 12.0. The molecule has 1 heterocycles. The van der Waals surface area contributed by atoms with Crippen LogP contribution in [0.2, 0.25) is 0 Å². The van der Waals surface area contributed by atoms with Gasteiger partial charge in [0, 0.05) is 17.1 Å². The minimum Gasteiger partial charge on any atom is -0.422 e. The first kappa shape index (κ1) is 12.6. The van der Waals surface area contributed by atoms with Crippen molar-refractivity contribution in [1.82, 2.24) is 9.78 Å². The van der Waals surface area contributed by atoms with E-state index in [1.54, 1.807) is 18.2 Å². The van der Waals surface area contributed by atoms with Crippen molar-refractivity contribution in [2.24, 2.45) is 0 Å². The number of hydrogen-bond acceptors (Lipinski definition) is 4. The number of anilines is 1. The molecule has 6 heteroatoms. The molecule has 18 heavy (non-hydrogen) atoms. The van der Waals surface area contributed by atoms with Crippen LogP contribution in [-0.4, -0.2) is 15.7 Å². The zero-order valence-corrected chi connectivity index (χ0v) is 11.3. The zero-order chi connectivity index (χ0) is 13.1. The normalized spacial score (nSPS) is 10.3. The predicted molar refractivity (Wildman–Crippen MR) is 71.4 cm³/mol. The van der Waals surface area contributed by atoms with Crippen molar-refractivity contribution < 1.29 is 9.53 Å². The maximum Gasteiger partial charge on any atom is 0.362 e. The summed E-state index contributed by atoms with van der Waals surface area (Å²) >= 11 is 3.31. The van der Waals surface area contributed by atoms with Gasteiger partial charge in [0.05, 0.1) is 0 Å². The van der Waals surface area contributed by atoms with Crippen LogP contribution < -0.4 is 10.5 Å². The average Bonchev–Trinajstić information content (AvgIpc) is 2.70. The van der Waals surface area contributed by atoms with E-state index in [-0.39, 0.29) is 0 Å². The van der Waals surface area contributed by atoms with E-state index in [1.165, 1.54) is 10.7 Å². The molecule has 5 nitrogen and oxygen atoms in total. The molecule has 0 unspecified atom stereocenters. The summed E-state index contributed by atoms with van der Waals surface area (Å²) in [5.74, 6) is 0.300. The number of nitrogen functional groups attached to an aromatic ring is 1. The highest BCUT2D eigenvalue weighted by Crippen LogP contribution is 2.19. The Morgan fingerprint density at radius 3 is 2.94 bits per heavy atom. The van der Waals surface area contributed by atoms with Gasteiger partial charge in [0.2, 0.25) is 0 Å². The van der Waals surface area contributed by atoms with Gasteiger partial charge in [0.15, 0.2) is 0 Å². The lowest BCUT2D eigenvalue weighted by Crippen LogP contribution is -2.15. The fraction of sp³-hybridized carbons (Fsp3) is 0.167. The van der Waals surface area contributed by atoms with Gasteiger partial charge in [-0.15, -0.1) is 0 Å².